The summed E-state index contributed by atoms with van der Waals surface area (Å²) in [5.41, 5.74) is 1.06. The van der Waals surface area contributed by atoms with E-state index >= 15 is 0 Å². The standard InChI is InChI=1S/C14H17Cl2N3O2/c15-9-13(20)17-10-14(21)19-6-4-18(5-7-19)12-3-1-2-11(16)8-12/h1-3,8H,4-7,9-10H2,(H,17,20). The van der Waals surface area contributed by atoms with Gasteiger partial charge in [-0.1, -0.05) is 17.7 Å². The van der Waals surface area contributed by atoms with E-state index in [4.69, 9.17) is 23.2 Å². The van der Waals surface area contributed by atoms with Gasteiger partial charge in [0.25, 0.3) is 0 Å². The summed E-state index contributed by atoms with van der Waals surface area (Å²) in [7, 11) is 0. The number of carbonyl (C=O) groups excluding carboxylic acids is 2. The summed E-state index contributed by atoms with van der Waals surface area (Å²) >= 11 is 11.4. The van der Waals surface area contributed by atoms with Crippen LogP contribution in [-0.4, -0.2) is 55.3 Å². The van der Waals surface area contributed by atoms with Gasteiger partial charge in [0.2, 0.25) is 11.8 Å². The highest BCUT2D eigenvalue weighted by molar-refractivity contribution is 6.30. The van der Waals surface area contributed by atoms with Gasteiger partial charge in [0.05, 0.1) is 6.54 Å². The van der Waals surface area contributed by atoms with Gasteiger partial charge in [0.1, 0.15) is 5.88 Å². The largest absolute Gasteiger partial charge is 0.368 e. The number of benzene rings is 1. The molecule has 0 aliphatic carbocycles. The van der Waals surface area contributed by atoms with Crippen molar-refractivity contribution in [1.82, 2.24) is 10.2 Å². The van der Waals surface area contributed by atoms with Crippen molar-refractivity contribution in [2.24, 2.45) is 0 Å². The van der Waals surface area contributed by atoms with Gasteiger partial charge < -0.3 is 15.1 Å². The summed E-state index contributed by atoms with van der Waals surface area (Å²) in [6.07, 6.45) is 0. The predicted molar refractivity (Wildman–Crippen MR) is 84.0 cm³/mol. The molecule has 1 saturated heterocycles. The van der Waals surface area contributed by atoms with Crippen LogP contribution < -0.4 is 10.2 Å². The number of nitrogens with one attached hydrogen (secondary N) is 1. The van der Waals surface area contributed by atoms with Gasteiger partial charge >= 0.3 is 0 Å². The van der Waals surface area contributed by atoms with Crippen molar-refractivity contribution in [2.45, 2.75) is 0 Å². The molecule has 2 rings (SSSR count). The fourth-order valence-electron chi connectivity index (χ4n) is 2.22. The van der Waals surface area contributed by atoms with E-state index in [1.54, 1.807) is 4.90 Å². The van der Waals surface area contributed by atoms with Crippen LogP contribution in [0.5, 0.6) is 0 Å². The van der Waals surface area contributed by atoms with E-state index in [0.29, 0.717) is 18.1 Å². The average molecular weight is 330 g/mol. The molecule has 0 bridgehead atoms. The molecule has 1 N–H and O–H groups in total. The SMILES string of the molecule is O=C(CCl)NCC(=O)N1CCN(c2cccc(Cl)c2)CC1. The Hall–Kier alpha value is -1.46. The average Bonchev–Trinajstić information content (AvgIpc) is 2.52. The summed E-state index contributed by atoms with van der Waals surface area (Å²) < 4.78 is 0. The van der Waals surface area contributed by atoms with Crippen molar-refractivity contribution in [3.05, 3.63) is 29.3 Å². The van der Waals surface area contributed by atoms with E-state index in [9.17, 15) is 9.59 Å². The number of rotatable bonds is 4. The highest BCUT2D eigenvalue weighted by Gasteiger charge is 2.21. The Labute approximate surface area is 133 Å². The zero-order chi connectivity index (χ0) is 15.2. The van der Waals surface area contributed by atoms with Crippen LogP contribution >= 0.6 is 23.2 Å². The number of hydrogen-bond donors (Lipinski definition) is 1. The van der Waals surface area contributed by atoms with E-state index in [-0.39, 0.29) is 24.2 Å². The Balaban J connectivity index is 1.83. The third-order valence-electron chi connectivity index (χ3n) is 3.36. The first-order chi connectivity index (χ1) is 10.1. The number of alkyl halides is 1. The van der Waals surface area contributed by atoms with Gasteiger partial charge in [-0.25, -0.2) is 0 Å². The fourth-order valence-corrected chi connectivity index (χ4v) is 2.50. The van der Waals surface area contributed by atoms with Crippen LogP contribution in [-0.2, 0) is 9.59 Å². The Morgan fingerprint density at radius 3 is 2.52 bits per heavy atom. The second kappa shape index (κ2) is 7.52. The number of hydrogen-bond acceptors (Lipinski definition) is 3. The first-order valence-electron chi connectivity index (χ1n) is 6.71. The van der Waals surface area contributed by atoms with Crippen LogP contribution in [0.4, 0.5) is 5.69 Å². The van der Waals surface area contributed by atoms with E-state index < -0.39 is 0 Å². The topological polar surface area (TPSA) is 52.7 Å². The maximum absolute atomic E-state index is 11.9. The van der Waals surface area contributed by atoms with Crippen molar-refractivity contribution >= 4 is 40.7 Å². The maximum Gasteiger partial charge on any atom is 0.242 e. The molecule has 1 aromatic carbocycles. The second-order valence-corrected chi connectivity index (χ2v) is 5.46. The normalized spacial score (nSPS) is 15.0. The van der Waals surface area contributed by atoms with Crippen LogP contribution in [0.15, 0.2) is 24.3 Å². The van der Waals surface area contributed by atoms with E-state index in [1.807, 2.05) is 24.3 Å². The van der Waals surface area contributed by atoms with Crippen molar-refractivity contribution < 1.29 is 9.59 Å². The molecule has 0 atom stereocenters. The monoisotopic (exact) mass is 329 g/mol. The molecular formula is C14H17Cl2N3O2. The molecule has 0 spiro atoms. The van der Waals surface area contributed by atoms with Crippen molar-refractivity contribution in [1.29, 1.82) is 0 Å². The number of amides is 2. The lowest BCUT2D eigenvalue weighted by molar-refractivity contribution is -0.132. The molecule has 1 aliphatic rings. The van der Waals surface area contributed by atoms with Crippen molar-refractivity contribution in [3.63, 3.8) is 0 Å². The first kappa shape index (κ1) is 15.9. The van der Waals surface area contributed by atoms with Crippen molar-refractivity contribution in [2.75, 3.05) is 43.5 Å². The highest BCUT2D eigenvalue weighted by Crippen LogP contribution is 2.20. The van der Waals surface area contributed by atoms with Crippen LogP contribution in [0, 0.1) is 0 Å². The molecule has 1 fully saturated rings. The molecule has 1 aliphatic heterocycles. The summed E-state index contributed by atoms with van der Waals surface area (Å²) in [5.74, 6) is -0.544. The van der Waals surface area contributed by atoms with Gasteiger partial charge in [-0.05, 0) is 18.2 Å². The molecule has 1 heterocycles. The maximum atomic E-state index is 11.9. The third-order valence-corrected chi connectivity index (χ3v) is 3.84. The lowest BCUT2D eigenvalue weighted by Crippen LogP contribution is -2.51. The fraction of sp³-hybridized carbons (Fsp3) is 0.429. The quantitative estimate of drug-likeness (QED) is 0.848. The van der Waals surface area contributed by atoms with Gasteiger partial charge in [-0.2, -0.15) is 0 Å². The zero-order valence-corrected chi connectivity index (χ0v) is 13.0. The van der Waals surface area contributed by atoms with E-state index in [2.05, 4.69) is 10.2 Å². The van der Waals surface area contributed by atoms with Gasteiger partial charge in [0.15, 0.2) is 0 Å². The van der Waals surface area contributed by atoms with E-state index in [1.165, 1.54) is 0 Å². The minimum atomic E-state index is -0.331. The van der Waals surface area contributed by atoms with Crippen LogP contribution in [0.1, 0.15) is 0 Å². The molecule has 0 aromatic heterocycles. The second-order valence-electron chi connectivity index (χ2n) is 4.76. The molecule has 0 unspecified atom stereocenters. The van der Waals surface area contributed by atoms with Crippen LogP contribution in [0.25, 0.3) is 0 Å². The Bertz CT molecular complexity index is 517. The Morgan fingerprint density at radius 2 is 1.90 bits per heavy atom. The Morgan fingerprint density at radius 1 is 1.19 bits per heavy atom. The lowest BCUT2D eigenvalue weighted by Gasteiger charge is -2.36. The number of halogens is 2. The van der Waals surface area contributed by atoms with Crippen LogP contribution in [0.2, 0.25) is 5.02 Å². The number of carbonyl (C=O) groups is 2. The molecule has 0 radical (unpaired) electrons. The molecule has 114 valence electrons. The molecule has 1 aromatic rings. The molecule has 7 heteroatoms. The molecule has 21 heavy (non-hydrogen) atoms. The van der Waals surface area contributed by atoms with Gasteiger partial charge in [-0.3, -0.25) is 9.59 Å². The summed E-state index contributed by atoms with van der Waals surface area (Å²) in [6, 6.07) is 7.67. The molecule has 0 saturated carbocycles. The summed E-state index contributed by atoms with van der Waals surface area (Å²) in [6.45, 7) is 2.75. The highest BCUT2D eigenvalue weighted by atomic mass is 35.5. The first-order valence-corrected chi connectivity index (χ1v) is 7.62. The Kier molecular flexibility index (Phi) is 5.70. The van der Waals surface area contributed by atoms with Crippen LogP contribution in [0.3, 0.4) is 0 Å². The summed E-state index contributed by atoms with van der Waals surface area (Å²) in [5, 5.41) is 3.19. The minimum absolute atomic E-state index is 0.00270. The predicted octanol–water partition coefficient (Wildman–Crippen LogP) is 1.34. The van der Waals surface area contributed by atoms with Gasteiger partial charge in [-0.15, -0.1) is 11.6 Å². The third kappa shape index (κ3) is 4.51. The number of piperazine rings is 1. The summed E-state index contributed by atoms with van der Waals surface area (Å²) in [4.78, 5) is 26.9. The molecule has 2 amide bonds. The zero-order valence-electron chi connectivity index (χ0n) is 11.5. The number of nitrogens with zero attached hydrogens (tertiary/aromatic N) is 2. The molecular weight excluding hydrogens is 313 g/mol. The lowest BCUT2D eigenvalue weighted by atomic mass is 10.2. The molecule has 5 nitrogen and oxygen atoms in total. The smallest absolute Gasteiger partial charge is 0.242 e. The van der Waals surface area contributed by atoms with E-state index in [0.717, 1.165) is 18.8 Å². The number of anilines is 1. The van der Waals surface area contributed by atoms with Gasteiger partial charge in [0, 0.05) is 36.9 Å². The van der Waals surface area contributed by atoms with Crippen molar-refractivity contribution in [3.8, 4) is 0 Å². The minimum Gasteiger partial charge on any atom is -0.368 e.